The van der Waals surface area contributed by atoms with Gasteiger partial charge in [-0.05, 0) is 12.8 Å². The van der Waals surface area contributed by atoms with Crippen LogP contribution < -0.4 is 5.32 Å². The van der Waals surface area contributed by atoms with Crippen LogP contribution in [0, 0.1) is 0 Å². The quantitative estimate of drug-likeness (QED) is 0.107. The Kier molecular flexibility index (Phi) is 17.7. The minimum atomic E-state index is -4.67. The molecule has 1 unspecified atom stereocenters. The van der Waals surface area contributed by atoms with Gasteiger partial charge in [-0.2, -0.15) is 0 Å². The van der Waals surface area contributed by atoms with E-state index < -0.39 is 20.3 Å². The van der Waals surface area contributed by atoms with Crippen LogP contribution in [0.4, 0.5) is 0 Å². The number of unbranched alkanes of at least 4 members (excludes halogenated alkanes) is 11. The maximum atomic E-state index is 12.0. The third-order valence-corrected chi connectivity index (χ3v) is 5.57. The standard InChI is InChI=1S/C22H46NO6P/c1-3-4-5-6-7-8-9-10-11-12-13-14-15-16-17-18-21(25)23-22(2,19-24)20-29-30(26,27)28/h10-11,24,26-28,30H,3-9,12-20H2,1-2H3,(H,23,25)/b11-10-. The zero-order valence-corrected chi connectivity index (χ0v) is 20.1. The first-order valence-corrected chi connectivity index (χ1v) is 13.4. The van der Waals surface area contributed by atoms with Gasteiger partial charge in [-0.3, -0.25) is 0 Å². The van der Waals surface area contributed by atoms with Crippen LogP contribution >= 0.6 is 8.17 Å². The van der Waals surface area contributed by atoms with E-state index >= 15 is 0 Å². The second-order valence-corrected chi connectivity index (χ2v) is 9.90. The van der Waals surface area contributed by atoms with Crippen molar-refractivity contribution in [2.24, 2.45) is 0 Å². The summed E-state index contributed by atoms with van der Waals surface area (Å²) >= 11 is 0. The summed E-state index contributed by atoms with van der Waals surface area (Å²) in [5, 5.41) is 12.0. The van der Waals surface area contributed by atoms with Gasteiger partial charge in [0.05, 0.1) is 0 Å². The average molecular weight is 452 g/mol. The predicted molar refractivity (Wildman–Crippen MR) is 124 cm³/mol. The third kappa shape index (κ3) is 19.4. The summed E-state index contributed by atoms with van der Waals surface area (Å²) in [5.74, 6) is -0.228. The van der Waals surface area contributed by atoms with E-state index in [0.29, 0.717) is 6.42 Å². The Bertz CT molecular complexity index is 455. The number of aliphatic hydroxyl groups excluding tert-OH is 1. The molecule has 0 rings (SSSR count). The van der Waals surface area contributed by atoms with Gasteiger partial charge in [-0.15, -0.1) is 0 Å². The molecule has 1 amide bonds. The molecule has 0 radical (unpaired) electrons. The first-order valence-electron chi connectivity index (χ1n) is 11.6. The molecule has 0 aliphatic rings. The van der Waals surface area contributed by atoms with E-state index in [1.165, 1.54) is 58.3 Å². The second-order valence-electron chi connectivity index (χ2n) is 8.46. The molecule has 0 aromatic heterocycles. The zero-order valence-electron chi connectivity index (χ0n) is 19.1. The van der Waals surface area contributed by atoms with E-state index in [4.69, 9.17) is 14.7 Å². The Hall–Kier alpha value is -0.560. The summed E-state index contributed by atoms with van der Waals surface area (Å²) in [6.07, 6.45) is 20.4. The fourth-order valence-corrected chi connectivity index (χ4v) is 3.64. The van der Waals surface area contributed by atoms with Crippen LogP contribution in [0.15, 0.2) is 12.2 Å². The number of carbonyl (C=O) groups excluding carboxylic acids is 1. The van der Waals surface area contributed by atoms with Gasteiger partial charge in [0.15, 0.2) is 0 Å². The molecule has 0 saturated heterocycles. The maximum absolute atomic E-state index is 12.0. The molecule has 180 valence electrons. The SMILES string of the molecule is CCCCCCCC/C=C\CCCCCCCC(=O)NC(C)(CO)CO[PH](O)(O)O. The Morgan fingerprint density at radius 3 is 1.90 bits per heavy atom. The van der Waals surface area contributed by atoms with Crippen molar-refractivity contribution in [3.63, 3.8) is 0 Å². The Balaban J connectivity index is 3.63. The van der Waals surface area contributed by atoms with Crippen molar-refractivity contribution >= 4 is 14.1 Å². The molecular weight excluding hydrogens is 405 g/mol. The van der Waals surface area contributed by atoms with Crippen LogP contribution in [0.5, 0.6) is 0 Å². The average Bonchev–Trinajstić information content (AvgIpc) is 2.69. The normalized spacial score (nSPS) is 14.7. The molecule has 5 N–H and O–H groups in total. The molecule has 7 nitrogen and oxygen atoms in total. The molecule has 8 heteroatoms. The Morgan fingerprint density at radius 2 is 1.40 bits per heavy atom. The van der Waals surface area contributed by atoms with Crippen molar-refractivity contribution in [2.45, 2.75) is 109 Å². The van der Waals surface area contributed by atoms with Gasteiger partial charge in [-0.1, -0.05) is 51.2 Å². The predicted octanol–water partition coefficient (Wildman–Crippen LogP) is 4.29. The minimum absolute atomic E-state index is 0.228. The summed E-state index contributed by atoms with van der Waals surface area (Å²) < 4.78 is 4.54. The zero-order chi connectivity index (χ0) is 22.7. The molecule has 0 spiro atoms. The molecular formula is C22H46NO6P. The van der Waals surface area contributed by atoms with E-state index in [1.807, 2.05) is 0 Å². The van der Waals surface area contributed by atoms with Gasteiger partial charge in [0.2, 0.25) is 0 Å². The van der Waals surface area contributed by atoms with Crippen LogP contribution in [0.3, 0.4) is 0 Å². The summed E-state index contributed by atoms with van der Waals surface area (Å²) in [4.78, 5) is 38.7. The van der Waals surface area contributed by atoms with Gasteiger partial charge in [0, 0.05) is 0 Å². The fourth-order valence-electron chi connectivity index (χ4n) is 3.13. The van der Waals surface area contributed by atoms with Gasteiger partial charge in [0.1, 0.15) is 0 Å². The molecule has 0 fully saturated rings. The Morgan fingerprint density at radius 1 is 0.900 bits per heavy atom. The van der Waals surface area contributed by atoms with Crippen LogP contribution in [0.25, 0.3) is 0 Å². The first-order chi connectivity index (χ1) is 14.2. The molecule has 30 heavy (non-hydrogen) atoms. The van der Waals surface area contributed by atoms with Crippen molar-refractivity contribution in [1.29, 1.82) is 0 Å². The van der Waals surface area contributed by atoms with Crippen LogP contribution in [0.2, 0.25) is 0 Å². The van der Waals surface area contributed by atoms with Crippen molar-refractivity contribution in [2.75, 3.05) is 13.2 Å². The van der Waals surface area contributed by atoms with Gasteiger partial charge in [0.25, 0.3) is 0 Å². The number of aliphatic hydroxyl groups is 1. The number of hydrogen-bond donors (Lipinski definition) is 5. The monoisotopic (exact) mass is 451 g/mol. The van der Waals surface area contributed by atoms with Crippen molar-refractivity contribution < 1.29 is 29.1 Å². The van der Waals surface area contributed by atoms with E-state index in [-0.39, 0.29) is 12.5 Å². The van der Waals surface area contributed by atoms with Crippen molar-refractivity contribution in [1.82, 2.24) is 5.32 Å². The van der Waals surface area contributed by atoms with Gasteiger partial charge in [-0.25, -0.2) is 0 Å². The molecule has 0 aliphatic heterocycles. The third-order valence-electron chi connectivity index (χ3n) is 5.04. The van der Waals surface area contributed by atoms with Gasteiger partial charge >= 0.3 is 119 Å². The number of allylic oxidation sites excluding steroid dienone is 2. The number of nitrogens with one attached hydrogen (secondary N) is 1. The number of hydrogen-bond acceptors (Lipinski definition) is 6. The molecule has 1 atom stereocenters. The summed E-state index contributed by atoms with van der Waals surface area (Å²) in [5.41, 5.74) is -1.16. The summed E-state index contributed by atoms with van der Waals surface area (Å²) in [6, 6.07) is 0. The fraction of sp³-hybridized carbons (Fsp3) is 0.864. The van der Waals surface area contributed by atoms with Crippen LogP contribution in [0.1, 0.15) is 104 Å². The number of amides is 1. The number of rotatable bonds is 20. The molecule has 0 saturated carbocycles. The summed E-state index contributed by atoms with van der Waals surface area (Å²) in [6.45, 7) is 2.95. The summed E-state index contributed by atoms with van der Waals surface area (Å²) in [7, 11) is -4.67. The van der Waals surface area contributed by atoms with E-state index in [1.54, 1.807) is 0 Å². The molecule has 0 aromatic rings. The van der Waals surface area contributed by atoms with Gasteiger partial charge < -0.3 is 0 Å². The molecule has 0 aliphatic carbocycles. The molecule has 0 bridgehead atoms. The van der Waals surface area contributed by atoms with Crippen molar-refractivity contribution in [3.05, 3.63) is 12.2 Å². The van der Waals surface area contributed by atoms with Crippen LogP contribution in [-0.2, 0) is 9.32 Å². The first kappa shape index (κ1) is 29.4. The number of carbonyl (C=O) groups is 1. The van der Waals surface area contributed by atoms with Crippen LogP contribution in [-0.4, -0.2) is 44.4 Å². The van der Waals surface area contributed by atoms with E-state index in [9.17, 15) is 9.90 Å². The second kappa shape index (κ2) is 18.1. The topological polar surface area (TPSA) is 119 Å². The van der Waals surface area contributed by atoms with E-state index in [0.717, 1.165) is 32.1 Å². The molecule has 0 aromatic carbocycles. The van der Waals surface area contributed by atoms with E-state index in [2.05, 4.69) is 28.9 Å². The molecule has 0 heterocycles. The Labute approximate surface area is 183 Å². The van der Waals surface area contributed by atoms with Crippen molar-refractivity contribution in [3.8, 4) is 0 Å².